The van der Waals surface area contributed by atoms with Gasteiger partial charge in [0.05, 0.1) is 0 Å². The highest BCUT2D eigenvalue weighted by atomic mass is 16.5. The van der Waals surface area contributed by atoms with E-state index in [1.54, 1.807) is 13.2 Å². The molecule has 1 fully saturated rings. The largest absolute Gasteiger partial charge is 0.385 e. The maximum Gasteiger partial charge on any atom is 0.272 e. The number of hydrogen-bond acceptors (Lipinski definition) is 6. The van der Waals surface area contributed by atoms with Crippen molar-refractivity contribution in [1.82, 2.24) is 14.9 Å². The standard InChI is InChI=1S/C21H29N5O2/c1-16-6-4-7-18(14-16)25-9-11-26(12-10-25)20(27)19-15-17(2)23-21(24-19)22-8-5-13-28-3/h4,6-7,14-15H,5,8-13H2,1-3H3,(H,22,23,24). The first-order valence-electron chi connectivity index (χ1n) is 9.76. The van der Waals surface area contributed by atoms with Crippen LogP contribution in [0.3, 0.4) is 0 Å². The maximum absolute atomic E-state index is 12.9. The topological polar surface area (TPSA) is 70.6 Å². The second-order valence-electron chi connectivity index (χ2n) is 7.11. The Morgan fingerprint density at radius 1 is 1.14 bits per heavy atom. The van der Waals surface area contributed by atoms with Gasteiger partial charge in [0.2, 0.25) is 5.95 Å². The minimum atomic E-state index is -0.0330. The van der Waals surface area contributed by atoms with Gasteiger partial charge in [0.1, 0.15) is 5.69 Å². The first kappa shape index (κ1) is 20.1. The molecule has 0 radical (unpaired) electrons. The number of benzene rings is 1. The molecule has 0 spiro atoms. The van der Waals surface area contributed by atoms with Crippen molar-refractivity contribution >= 4 is 17.5 Å². The summed E-state index contributed by atoms with van der Waals surface area (Å²) < 4.78 is 5.05. The lowest BCUT2D eigenvalue weighted by Gasteiger charge is -2.36. The molecule has 1 amide bonds. The van der Waals surface area contributed by atoms with Crippen molar-refractivity contribution in [2.45, 2.75) is 20.3 Å². The molecule has 2 aromatic rings. The second kappa shape index (κ2) is 9.50. The smallest absolute Gasteiger partial charge is 0.272 e. The number of ether oxygens (including phenoxy) is 1. The summed E-state index contributed by atoms with van der Waals surface area (Å²) in [5.41, 5.74) is 3.70. The number of methoxy groups -OCH3 is 1. The summed E-state index contributed by atoms with van der Waals surface area (Å²) in [7, 11) is 1.68. The summed E-state index contributed by atoms with van der Waals surface area (Å²) in [6.07, 6.45) is 0.859. The van der Waals surface area contributed by atoms with Gasteiger partial charge in [-0.25, -0.2) is 9.97 Å². The van der Waals surface area contributed by atoms with Gasteiger partial charge in [0.15, 0.2) is 0 Å². The van der Waals surface area contributed by atoms with E-state index < -0.39 is 0 Å². The van der Waals surface area contributed by atoms with Crippen LogP contribution in [-0.2, 0) is 4.74 Å². The van der Waals surface area contributed by atoms with E-state index in [-0.39, 0.29) is 5.91 Å². The number of piperazine rings is 1. The lowest BCUT2D eigenvalue weighted by molar-refractivity contribution is 0.0740. The molecular formula is C21H29N5O2. The van der Waals surface area contributed by atoms with E-state index in [1.807, 2.05) is 11.8 Å². The molecule has 1 aromatic heterocycles. The monoisotopic (exact) mass is 383 g/mol. The molecule has 0 saturated carbocycles. The number of nitrogens with one attached hydrogen (secondary N) is 1. The number of rotatable bonds is 7. The second-order valence-corrected chi connectivity index (χ2v) is 7.11. The SMILES string of the molecule is COCCCNc1nc(C)cc(C(=O)N2CCN(c3cccc(C)c3)CC2)n1. The number of aryl methyl sites for hydroxylation is 2. The van der Waals surface area contributed by atoms with Crippen LogP contribution in [0.25, 0.3) is 0 Å². The molecule has 3 rings (SSSR count). The first-order chi connectivity index (χ1) is 13.6. The van der Waals surface area contributed by atoms with Crippen LogP contribution >= 0.6 is 0 Å². The molecule has 1 aliphatic heterocycles. The summed E-state index contributed by atoms with van der Waals surface area (Å²) >= 11 is 0. The van der Waals surface area contributed by atoms with Crippen LogP contribution < -0.4 is 10.2 Å². The van der Waals surface area contributed by atoms with Gasteiger partial charge in [-0.3, -0.25) is 4.79 Å². The Bertz CT molecular complexity index is 803. The van der Waals surface area contributed by atoms with E-state index in [4.69, 9.17) is 4.74 Å². The molecule has 7 nitrogen and oxygen atoms in total. The average Bonchev–Trinajstić information content (AvgIpc) is 2.70. The van der Waals surface area contributed by atoms with Gasteiger partial charge < -0.3 is 19.9 Å². The molecule has 1 aliphatic rings. The first-order valence-corrected chi connectivity index (χ1v) is 9.76. The van der Waals surface area contributed by atoms with E-state index in [0.717, 1.165) is 25.2 Å². The summed E-state index contributed by atoms with van der Waals surface area (Å²) in [5.74, 6) is 0.465. The van der Waals surface area contributed by atoms with E-state index in [9.17, 15) is 4.79 Å². The number of anilines is 2. The van der Waals surface area contributed by atoms with Crippen molar-refractivity contribution in [1.29, 1.82) is 0 Å². The number of amides is 1. The van der Waals surface area contributed by atoms with E-state index in [0.29, 0.717) is 37.9 Å². The van der Waals surface area contributed by atoms with Crippen LogP contribution in [0.4, 0.5) is 11.6 Å². The fourth-order valence-corrected chi connectivity index (χ4v) is 3.33. The highest BCUT2D eigenvalue weighted by molar-refractivity contribution is 5.92. The van der Waals surface area contributed by atoms with Gasteiger partial charge in [-0.2, -0.15) is 0 Å². The minimum absolute atomic E-state index is 0.0330. The highest BCUT2D eigenvalue weighted by Gasteiger charge is 2.24. The Labute approximate surface area is 166 Å². The summed E-state index contributed by atoms with van der Waals surface area (Å²) in [5, 5.41) is 3.17. The van der Waals surface area contributed by atoms with Crippen LogP contribution in [-0.4, -0.2) is 67.2 Å². The molecule has 0 aliphatic carbocycles. The zero-order chi connectivity index (χ0) is 19.9. The zero-order valence-electron chi connectivity index (χ0n) is 16.9. The van der Waals surface area contributed by atoms with Gasteiger partial charge in [0.25, 0.3) is 5.91 Å². The Balaban J connectivity index is 1.60. The quantitative estimate of drug-likeness (QED) is 0.741. The van der Waals surface area contributed by atoms with Crippen LogP contribution in [0.2, 0.25) is 0 Å². The normalized spacial score (nSPS) is 14.2. The number of aromatic nitrogens is 2. The molecule has 1 aromatic carbocycles. The Kier molecular flexibility index (Phi) is 6.81. The lowest BCUT2D eigenvalue weighted by Crippen LogP contribution is -2.49. The van der Waals surface area contributed by atoms with Gasteiger partial charge in [-0.05, 0) is 44.0 Å². The predicted octanol–water partition coefficient (Wildman–Crippen LogP) is 2.50. The summed E-state index contributed by atoms with van der Waals surface area (Å²) in [6.45, 7) is 8.38. The summed E-state index contributed by atoms with van der Waals surface area (Å²) in [6, 6.07) is 10.2. The zero-order valence-corrected chi connectivity index (χ0v) is 16.9. The third-order valence-corrected chi connectivity index (χ3v) is 4.82. The fourth-order valence-electron chi connectivity index (χ4n) is 3.33. The third kappa shape index (κ3) is 5.19. The average molecular weight is 383 g/mol. The van der Waals surface area contributed by atoms with Crippen molar-refractivity contribution in [3.63, 3.8) is 0 Å². The third-order valence-electron chi connectivity index (χ3n) is 4.82. The number of hydrogen-bond donors (Lipinski definition) is 1. The van der Waals surface area contributed by atoms with Crippen LogP contribution in [0, 0.1) is 13.8 Å². The van der Waals surface area contributed by atoms with E-state index >= 15 is 0 Å². The maximum atomic E-state index is 12.9. The molecule has 1 saturated heterocycles. The van der Waals surface area contributed by atoms with Crippen LogP contribution in [0.1, 0.15) is 28.2 Å². The lowest BCUT2D eigenvalue weighted by atomic mass is 10.2. The van der Waals surface area contributed by atoms with Gasteiger partial charge in [-0.15, -0.1) is 0 Å². The van der Waals surface area contributed by atoms with Gasteiger partial charge in [-0.1, -0.05) is 12.1 Å². The molecule has 0 unspecified atom stereocenters. The number of carbonyl (C=O) groups is 1. The molecule has 28 heavy (non-hydrogen) atoms. The highest BCUT2D eigenvalue weighted by Crippen LogP contribution is 2.18. The van der Waals surface area contributed by atoms with Crippen molar-refractivity contribution in [3.05, 3.63) is 47.3 Å². The molecule has 2 heterocycles. The number of nitrogens with zero attached hydrogens (tertiary/aromatic N) is 4. The molecule has 0 bridgehead atoms. The molecule has 0 atom stereocenters. The molecular weight excluding hydrogens is 354 g/mol. The van der Waals surface area contributed by atoms with Gasteiger partial charge >= 0.3 is 0 Å². The number of carbonyl (C=O) groups excluding carboxylic acids is 1. The Morgan fingerprint density at radius 3 is 2.64 bits per heavy atom. The van der Waals surface area contributed by atoms with Crippen LogP contribution in [0.15, 0.2) is 30.3 Å². The van der Waals surface area contributed by atoms with E-state index in [2.05, 4.69) is 51.4 Å². The van der Waals surface area contributed by atoms with Gasteiger partial charge in [0, 0.05) is 57.8 Å². The minimum Gasteiger partial charge on any atom is -0.385 e. The molecule has 1 N–H and O–H groups in total. The molecule has 150 valence electrons. The van der Waals surface area contributed by atoms with E-state index in [1.165, 1.54) is 11.3 Å². The Hall–Kier alpha value is -2.67. The predicted molar refractivity (Wildman–Crippen MR) is 111 cm³/mol. The Morgan fingerprint density at radius 2 is 1.93 bits per heavy atom. The van der Waals surface area contributed by atoms with Crippen molar-refractivity contribution in [2.24, 2.45) is 0 Å². The summed E-state index contributed by atoms with van der Waals surface area (Å²) in [4.78, 5) is 26.0. The van der Waals surface area contributed by atoms with Crippen molar-refractivity contribution in [3.8, 4) is 0 Å². The molecule has 7 heteroatoms. The van der Waals surface area contributed by atoms with Crippen LogP contribution in [0.5, 0.6) is 0 Å². The van der Waals surface area contributed by atoms with Crippen molar-refractivity contribution < 1.29 is 9.53 Å². The van der Waals surface area contributed by atoms with Crippen molar-refractivity contribution in [2.75, 3.05) is 56.7 Å². The fraction of sp³-hybridized carbons (Fsp3) is 0.476.